The number of hydrogen-bond acceptors (Lipinski definition) is 5. The van der Waals surface area contributed by atoms with E-state index >= 15 is 0 Å². The van der Waals surface area contributed by atoms with Crippen LogP contribution in [0.25, 0.3) is 10.8 Å². The lowest BCUT2D eigenvalue weighted by molar-refractivity contribution is 0.0157. The Morgan fingerprint density at radius 1 is 1.16 bits per heavy atom. The van der Waals surface area contributed by atoms with Crippen LogP contribution < -0.4 is 4.74 Å². The third-order valence-corrected chi connectivity index (χ3v) is 4.16. The molecular formula is C19H14N4O2. The molecule has 0 N–H and O–H groups in total. The molecule has 0 aliphatic carbocycles. The number of likely N-dealkylation sites (tertiary alicyclic amines) is 1. The summed E-state index contributed by atoms with van der Waals surface area (Å²) in [6, 6.07) is 14.9. The van der Waals surface area contributed by atoms with Gasteiger partial charge < -0.3 is 9.64 Å². The molecule has 1 aromatic carbocycles. The zero-order chi connectivity index (χ0) is 17.2. The number of benzene rings is 1. The second kappa shape index (κ2) is 6.21. The maximum atomic E-state index is 12.7. The zero-order valence-corrected chi connectivity index (χ0v) is 13.3. The predicted octanol–water partition coefficient (Wildman–Crippen LogP) is 2.40. The Morgan fingerprint density at radius 3 is 2.80 bits per heavy atom. The van der Waals surface area contributed by atoms with E-state index in [1.54, 1.807) is 23.2 Å². The number of carbonyl (C=O) groups is 1. The number of hydrogen-bond donors (Lipinski definition) is 0. The van der Waals surface area contributed by atoms with Crippen LogP contribution in [0, 0.1) is 11.3 Å². The van der Waals surface area contributed by atoms with E-state index in [-0.39, 0.29) is 12.0 Å². The van der Waals surface area contributed by atoms with Gasteiger partial charge in [-0.05, 0) is 17.5 Å². The molecule has 2 aromatic heterocycles. The van der Waals surface area contributed by atoms with E-state index in [2.05, 4.69) is 9.97 Å². The van der Waals surface area contributed by atoms with Gasteiger partial charge in [0.1, 0.15) is 11.8 Å². The quantitative estimate of drug-likeness (QED) is 0.737. The van der Waals surface area contributed by atoms with Gasteiger partial charge in [-0.25, -0.2) is 4.98 Å². The van der Waals surface area contributed by atoms with E-state index in [1.165, 1.54) is 6.20 Å². The summed E-state index contributed by atoms with van der Waals surface area (Å²) in [5.41, 5.74) is 0.957. The van der Waals surface area contributed by atoms with Crippen LogP contribution in [0.2, 0.25) is 0 Å². The minimum Gasteiger partial charge on any atom is -0.471 e. The minimum atomic E-state index is -0.125. The molecule has 25 heavy (non-hydrogen) atoms. The van der Waals surface area contributed by atoms with Crippen molar-refractivity contribution in [3.8, 4) is 11.9 Å². The van der Waals surface area contributed by atoms with Crippen LogP contribution in [-0.2, 0) is 0 Å². The van der Waals surface area contributed by atoms with Gasteiger partial charge in [0.15, 0.2) is 0 Å². The number of pyridine rings is 2. The first-order chi connectivity index (χ1) is 12.2. The van der Waals surface area contributed by atoms with Crippen molar-refractivity contribution in [3.63, 3.8) is 0 Å². The van der Waals surface area contributed by atoms with Crippen molar-refractivity contribution in [1.29, 1.82) is 5.26 Å². The van der Waals surface area contributed by atoms with Gasteiger partial charge >= 0.3 is 0 Å². The van der Waals surface area contributed by atoms with Gasteiger partial charge in [0.2, 0.25) is 5.88 Å². The molecule has 3 heterocycles. The third kappa shape index (κ3) is 2.88. The van der Waals surface area contributed by atoms with Crippen LogP contribution in [0.15, 0.2) is 54.9 Å². The molecule has 6 nitrogen and oxygen atoms in total. The Kier molecular flexibility index (Phi) is 3.75. The number of nitriles is 1. The van der Waals surface area contributed by atoms with Crippen molar-refractivity contribution in [3.05, 3.63) is 66.1 Å². The maximum Gasteiger partial charge on any atom is 0.273 e. The maximum absolute atomic E-state index is 12.7. The number of aromatic nitrogens is 2. The largest absolute Gasteiger partial charge is 0.471 e. The number of nitrogens with zero attached hydrogens (tertiary/aromatic N) is 4. The van der Waals surface area contributed by atoms with Gasteiger partial charge in [0.05, 0.1) is 24.7 Å². The monoisotopic (exact) mass is 330 g/mol. The molecule has 0 spiro atoms. The van der Waals surface area contributed by atoms with Gasteiger partial charge in [-0.3, -0.25) is 9.78 Å². The first kappa shape index (κ1) is 15.1. The van der Waals surface area contributed by atoms with Gasteiger partial charge in [0.25, 0.3) is 5.91 Å². The van der Waals surface area contributed by atoms with Crippen molar-refractivity contribution in [2.24, 2.45) is 0 Å². The summed E-state index contributed by atoms with van der Waals surface area (Å²) in [6.07, 6.45) is 3.07. The Balaban J connectivity index is 1.45. The molecule has 0 unspecified atom stereocenters. The number of rotatable bonds is 3. The topological polar surface area (TPSA) is 79.1 Å². The van der Waals surface area contributed by atoms with Crippen LogP contribution in [0.3, 0.4) is 0 Å². The van der Waals surface area contributed by atoms with E-state index < -0.39 is 0 Å². The molecule has 1 aliphatic heterocycles. The predicted molar refractivity (Wildman–Crippen MR) is 91.0 cm³/mol. The van der Waals surface area contributed by atoms with Crippen molar-refractivity contribution < 1.29 is 9.53 Å². The molecule has 0 radical (unpaired) electrons. The second-order valence-corrected chi connectivity index (χ2v) is 5.83. The number of ether oxygens (including phenoxy) is 1. The molecule has 1 fully saturated rings. The minimum absolute atomic E-state index is 0.101. The fraction of sp³-hybridized carbons (Fsp3) is 0.158. The average Bonchev–Trinajstić information content (AvgIpc) is 2.63. The highest BCUT2D eigenvalue weighted by molar-refractivity contribution is 6.05. The fourth-order valence-electron chi connectivity index (χ4n) is 2.83. The molecule has 122 valence electrons. The average molecular weight is 330 g/mol. The molecule has 1 amide bonds. The van der Waals surface area contributed by atoms with Crippen molar-refractivity contribution >= 4 is 16.7 Å². The third-order valence-electron chi connectivity index (χ3n) is 4.16. The molecule has 0 atom stereocenters. The fourth-order valence-corrected chi connectivity index (χ4v) is 2.83. The Labute approximate surface area is 144 Å². The summed E-state index contributed by atoms with van der Waals surface area (Å²) in [5.74, 6) is 0.301. The van der Waals surface area contributed by atoms with Crippen molar-refractivity contribution in [1.82, 2.24) is 14.9 Å². The summed E-state index contributed by atoms with van der Waals surface area (Å²) in [6.45, 7) is 0.949. The molecule has 0 bridgehead atoms. The van der Waals surface area contributed by atoms with Crippen molar-refractivity contribution in [2.75, 3.05) is 13.1 Å². The van der Waals surface area contributed by atoms with E-state index in [9.17, 15) is 4.79 Å². The van der Waals surface area contributed by atoms with Gasteiger partial charge in [-0.15, -0.1) is 0 Å². The van der Waals surface area contributed by atoms with Crippen LogP contribution in [0.1, 0.15) is 16.1 Å². The summed E-state index contributed by atoms with van der Waals surface area (Å²) >= 11 is 0. The first-order valence-electron chi connectivity index (χ1n) is 7.90. The standard InChI is InChI=1S/C19H14N4O2/c20-10-13-5-7-21-17(9-13)25-15-11-23(12-15)19(24)18-16-4-2-1-3-14(16)6-8-22-18/h1-9,15H,11-12H2. The summed E-state index contributed by atoms with van der Waals surface area (Å²) in [4.78, 5) is 22.7. The van der Waals surface area contributed by atoms with Crippen molar-refractivity contribution in [2.45, 2.75) is 6.10 Å². The molecule has 1 aliphatic rings. The molecule has 1 saturated heterocycles. The normalized spacial score (nSPS) is 14.0. The molecule has 0 saturated carbocycles. The highest BCUT2D eigenvalue weighted by Gasteiger charge is 2.34. The molecule has 3 aromatic rings. The van der Waals surface area contributed by atoms with Crippen LogP contribution >= 0.6 is 0 Å². The molecule has 6 heteroatoms. The lowest BCUT2D eigenvalue weighted by Gasteiger charge is -2.38. The highest BCUT2D eigenvalue weighted by atomic mass is 16.5. The van der Waals surface area contributed by atoms with E-state index in [1.807, 2.05) is 36.4 Å². The smallest absolute Gasteiger partial charge is 0.273 e. The lowest BCUT2D eigenvalue weighted by atomic mass is 10.1. The van der Waals surface area contributed by atoms with Crippen LogP contribution in [0.4, 0.5) is 0 Å². The first-order valence-corrected chi connectivity index (χ1v) is 7.90. The number of amides is 1. The second-order valence-electron chi connectivity index (χ2n) is 5.83. The molecular weight excluding hydrogens is 316 g/mol. The summed E-state index contributed by atoms with van der Waals surface area (Å²) in [5, 5.41) is 10.7. The SMILES string of the molecule is N#Cc1ccnc(OC2CN(C(=O)c3nccc4ccccc34)C2)c1. The van der Waals surface area contributed by atoms with Gasteiger partial charge in [-0.1, -0.05) is 24.3 Å². The van der Waals surface area contributed by atoms with Crippen LogP contribution in [0.5, 0.6) is 5.88 Å². The summed E-state index contributed by atoms with van der Waals surface area (Å²) in [7, 11) is 0. The van der Waals surface area contributed by atoms with E-state index in [0.717, 1.165) is 10.8 Å². The van der Waals surface area contributed by atoms with Crippen LogP contribution in [-0.4, -0.2) is 40.0 Å². The highest BCUT2D eigenvalue weighted by Crippen LogP contribution is 2.22. The molecule has 4 rings (SSSR count). The van der Waals surface area contributed by atoms with E-state index in [4.69, 9.17) is 10.00 Å². The Hall–Kier alpha value is -3.46. The number of fused-ring (bicyclic) bond motifs is 1. The van der Waals surface area contributed by atoms with Gasteiger partial charge in [-0.2, -0.15) is 5.26 Å². The van der Waals surface area contributed by atoms with E-state index in [0.29, 0.717) is 30.2 Å². The van der Waals surface area contributed by atoms with Gasteiger partial charge in [0, 0.05) is 23.8 Å². The zero-order valence-electron chi connectivity index (χ0n) is 13.3. The lowest BCUT2D eigenvalue weighted by Crippen LogP contribution is -2.56. The summed E-state index contributed by atoms with van der Waals surface area (Å²) < 4.78 is 5.72. The Morgan fingerprint density at radius 2 is 1.96 bits per heavy atom. The number of carbonyl (C=O) groups excluding carboxylic acids is 1. The Bertz CT molecular complexity index is 985.